The van der Waals surface area contributed by atoms with Crippen LogP contribution in [0.25, 0.3) is 0 Å². The van der Waals surface area contributed by atoms with E-state index >= 15 is 0 Å². The minimum absolute atomic E-state index is 0.142. The van der Waals surface area contributed by atoms with E-state index < -0.39 is 0 Å². The van der Waals surface area contributed by atoms with Gasteiger partial charge in [-0.3, -0.25) is 0 Å². The maximum Gasteiger partial charge on any atom is 0.118 e. The molecule has 1 aliphatic rings. The second-order valence-electron chi connectivity index (χ2n) is 5.59. The van der Waals surface area contributed by atoms with Crippen molar-refractivity contribution in [2.75, 3.05) is 13.7 Å². The van der Waals surface area contributed by atoms with Gasteiger partial charge in [-0.2, -0.15) is 0 Å². The standard InChI is InChI=1S/C16H25NO/c1-13(2)16(11-5-4-6-12-17-16)14-7-9-15(18-3)10-8-14/h7-10,13,17H,4-6,11-12H2,1-3H3. The average molecular weight is 247 g/mol. The summed E-state index contributed by atoms with van der Waals surface area (Å²) in [4.78, 5) is 0. The monoisotopic (exact) mass is 247 g/mol. The summed E-state index contributed by atoms with van der Waals surface area (Å²) in [6, 6.07) is 8.59. The zero-order valence-corrected chi connectivity index (χ0v) is 11.8. The molecule has 1 aliphatic heterocycles. The molecular weight excluding hydrogens is 222 g/mol. The molecule has 1 saturated heterocycles. The third-order valence-electron chi connectivity index (χ3n) is 4.28. The van der Waals surface area contributed by atoms with E-state index in [0.717, 1.165) is 12.3 Å². The number of ether oxygens (including phenoxy) is 1. The Balaban J connectivity index is 2.32. The fourth-order valence-corrected chi connectivity index (χ4v) is 3.07. The van der Waals surface area contributed by atoms with Crippen LogP contribution in [0.1, 0.15) is 45.1 Å². The number of methoxy groups -OCH3 is 1. The van der Waals surface area contributed by atoms with Crippen molar-refractivity contribution in [3.8, 4) is 5.75 Å². The fraction of sp³-hybridized carbons (Fsp3) is 0.625. The molecule has 0 radical (unpaired) electrons. The van der Waals surface area contributed by atoms with Crippen LogP contribution < -0.4 is 10.1 Å². The second-order valence-corrected chi connectivity index (χ2v) is 5.59. The third kappa shape index (κ3) is 2.54. The highest BCUT2D eigenvalue weighted by molar-refractivity contribution is 5.32. The van der Waals surface area contributed by atoms with Crippen LogP contribution >= 0.6 is 0 Å². The van der Waals surface area contributed by atoms with Gasteiger partial charge in [0.25, 0.3) is 0 Å². The van der Waals surface area contributed by atoms with Crippen molar-refractivity contribution < 1.29 is 4.74 Å². The molecule has 18 heavy (non-hydrogen) atoms. The molecule has 0 spiro atoms. The molecule has 1 atom stereocenters. The van der Waals surface area contributed by atoms with E-state index in [-0.39, 0.29) is 5.54 Å². The lowest BCUT2D eigenvalue weighted by molar-refractivity contribution is 0.230. The van der Waals surface area contributed by atoms with Crippen LogP contribution in [-0.2, 0) is 5.54 Å². The quantitative estimate of drug-likeness (QED) is 0.879. The zero-order valence-electron chi connectivity index (χ0n) is 11.8. The summed E-state index contributed by atoms with van der Waals surface area (Å²) in [5, 5.41) is 3.81. The van der Waals surface area contributed by atoms with E-state index in [1.807, 2.05) is 0 Å². The molecule has 1 N–H and O–H groups in total. The molecule has 1 fully saturated rings. The molecule has 100 valence electrons. The van der Waals surface area contributed by atoms with Gasteiger partial charge in [0.15, 0.2) is 0 Å². The Morgan fingerprint density at radius 2 is 1.83 bits per heavy atom. The van der Waals surface area contributed by atoms with Crippen LogP contribution in [0.3, 0.4) is 0 Å². The van der Waals surface area contributed by atoms with Crippen molar-refractivity contribution in [2.45, 2.75) is 45.1 Å². The lowest BCUT2D eigenvalue weighted by Gasteiger charge is -2.38. The number of hydrogen-bond acceptors (Lipinski definition) is 2. The summed E-state index contributed by atoms with van der Waals surface area (Å²) in [6.45, 7) is 5.77. The van der Waals surface area contributed by atoms with Gasteiger partial charge in [0.05, 0.1) is 7.11 Å². The van der Waals surface area contributed by atoms with Gasteiger partial charge in [0, 0.05) is 5.54 Å². The van der Waals surface area contributed by atoms with Gasteiger partial charge < -0.3 is 10.1 Å². The maximum absolute atomic E-state index is 5.25. The summed E-state index contributed by atoms with van der Waals surface area (Å²) < 4.78 is 5.25. The Bertz CT molecular complexity index is 361. The molecule has 0 bridgehead atoms. The Morgan fingerprint density at radius 1 is 1.11 bits per heavy atom. The van der Waals surface area contributed by atoms with E-state index in [2.05, 4.69) is 43.4 Å². The average Bonchev–Trinajstić information content (AvgIpc) is 2.65. The Hall–Kier alpha value is -1.02. The van der Waals surface area contributed by atoms with Gasteiger partial charge >= 0.3 is 0 Å². The van der Waals surface area contributed by atoms with Gasteiger partial charge in [0.2, 0.25) is 0 Å². The molecule has 1 unspecified atom stereocenters. The van der Waals surface area contributed by atoms with E-state index in [0.29, 0.717) is 5.92 Å². The minimum atomic E-state index is 0.142. The van der Waals surface area contributed by atoms with Crippen molar-refractivity contribution in [1.82, 2.24) is 5.32 Å². The molecule has 1 heterocycles. The summed E-state index contributed by atoms with van der Waals surface area (Å²) in [7, 11) is 1.72. The fourth-order valence-electron chi connectivity index (χ4n) is 3.07. The van der Waals surface area contributed by atoms with Crippen molar-refractivity contribution in [2.24, 2.45) is 5.92 Å². The highest BCUT2D eigenvalue weighted by atomic mass is 16.5. The molecule has 0 saturated carbocycles. The summed E-state index contributed by atoms with van der Waals surface area (Å²) >= 11 is 0. The van der Waals surface area contributed by atoms with E-state index in [9.17, 15) is 0 Å². The van der Waals surface area contributed by atoms with E-state index in [4.69, 9.17) is 4.74 Å². The number of nitrogens with one attached hydrogen (secondary N) is 1. The Morgan fingerprint density at radius 3 is 2.44 bits per heavy atom. The highest BCUT2D eigenvalue weighted by Gasteiger charge is 2.35. The zero-order chi connectivity index (χ0) is 13.0. The van der Waals surface area contributed by atoms with Crippen LogP contribution in [0.5, 0.6) is 5.75 Å². The molecule has 0 aromatic heterocycles. The maximum atomic E-state index is 5.25. The van der Waals surface area contributed by atoms with Gasteiger partial charge in [-0.25, -0.2) is 0 Å². The highest BCUT2D eigenvalue weighted by Crippen LogP contribution is 2.37. The number of rotatable bonds is 3. The van der Waals surface area contributed by atoms with Crippen LogP contribution in [0.4, 0.5) is 0 Å². The lowest BCUT2D eigenvalue weighted by Crippen LogP contribution is -2.46. The Labute approximate surface area is 111 Å². The van der Waals surface area contributed by atoms with Crippen LogP contribution in [0, 0.1) is 5.92 Å². The smallest absolute Gasteiger partial charge is 0.118 e. The predicted octanol–water partition coefficient (Wildman–Crippen LogP) is 3.71. The molecule has 2 rings (SSSR count). The predicted molar refractivity (Wildman–Crippen MR) is 76.0 cm³/mol. The second kappa shape index (κ2) is 5.75. The van der Waals surface area contributed by atoms with Crippen LogP contribution in [0.15, 0.2) is 24.3 Å². The van der Waals surface area contributed by atoms with Gasteiger partial charge in [-0.1, -0.05) is 38.8 Å². The first-order valence-corrected chi connectivity index (χ1v) is 7.08. The molecular formula is C16H25NO. The largest absolute Gasteiger partial charge is 0.497 e. The summed E-state index contributed by atoms with van der Waals surface area (Å²) in [6.07, 6.45) is 5.19. The summed E-state index contributed by atoms with van der Waals surface area (Å²) in [5.41, 5.74) is 1.54. The minimum Gasteiger partial charge on any atom is -0.497 e. The first kappa shape index (κ1) is 13.4. The lowest BCUT2D eigenvalue weighted by atomic mass is 9.76. The SMILES string of the molecule is COc1ccc(C2(C(C)C)CCCCCN2)cc1. The normalized spacial score (nSPS) is 24.9. The van der Waals surface area contributed by atoms with Crippen molar-refractivity contribution in [3.05, 3.63) is 29.8 Å². The van der Waals surface area contributed by atoms with Gasteiger partial charge in [-0.05, 0) is 43.0 Å². The van der Waals surface area contributed by atoms with Crippen LogP contribution in [-0.4, -0.2) is 13.7 Å². The molecule has 0 amide bonds. The third-order valence-corrected chi connectivity index (χ3v) is 4.28. The molecule has 0 aliphatic carbocycles. The topological polar surface area (TPSA) is 21.3 Å². The van der Waals surface area contributed by atoms with Gasteiger partial charge in [0.1, 0.15) is 5.75 Å². The van der Waals surface area contributed by atoms with Crippen molar-refractivity contribution in [3.63, 3.8) is 0 Å². The van der Waals surface area contributed by atoms with E-state index in [1.165, 1.54) is 31.2 Å². The molecule has 1 aromatic carbocycles. The van der Waals surface area contributed by atoms with E-state index in [1.54, 1.807) is 7.11 Å². The first-order valence-electron chi connectivity index (χ1n) is 7.08. The first-order chi connectivity index (χ1) is 8.69. The number of hydrogen-bond donors (Lipinski definition) is 1. The Kier molecular flexibility index (Phi) is 4.28. The molecule has 1 aromatic rings. The molecule has 2 heteroatoms. The van der Waals surface area contributed by atoms with Gasteiger partial charge in [-0.15, -0.1) is 0 Å². The van der Waals surface area contributed by atoms with Crippen molar-refractivity contribution >= 4 is 0 Å². The van der Waals surface area contributed by atoms with Crippen LogP contribution in [0.2, 0.25) is 0 Å². The summed E-state index contributed by atoms with van der Waals surface area (Å²) in [5.74, 6) is 1.54. The van der Waals surface area contributed by atoms with Crippen molar-refractivity contribution in [1.29, 1.82) is 0 Å². The molecule has 2 nitrogen and oxygen atoms in total. The number of benzene rings is 1.